The fourth-order valence-corrected chi connectivity index (χ4v) is 3.90. The Kier molecular flexibility index (Phi) is 2.82. The van der Waals surface area contributed by atoms with Crippen LogP contribution in [0.1, 0.15) is 6.04 Å². The third kappa shape index (κ3) is 1.56. The summed E-state index contributed by atoms with van der Waals surface area (Å²) in [7, 11) is 0. The molecule has 2 aromatic heterocycles. The normalized spacial score (nSPS) is 17.1. The maximum absolute atomic E-state index is 14.0. The maximum Gasteiger partial charge on any atom is 0.271 e. The minimum absolute atomic E-state index is 0.0238. The molecule has 114 valence electrons. The zero-order valence-electron chi connectivity index (χ0n) is 10.8. The number of rotatable bonds is 1. The second kappa shape index (κ2) is 4.53. The van der Waals surface area contributed by atoms with Crippen LogP contribution in [-0.4, -0.2) is 21.4 Å². The molecule has 1 aliphatic rings. The van der Waals surface area contributed by atoms with Gasteiger partial charge in [0.05, 0.1) is 16.9 Å². The van der Waals surface area contributed by atoms with E-state index in [0.29, 0.717) is 4.83 Å². The van der Waals surface area contributed by atoms with Crippen molar-refractivity contribution in [3.8, 4) is 5.75 Å². The number of fused-ring (bicyclic) bond motifs is 2. The number of aromatic amines is 1. The zero-order valence-corrected chi connectivity index (χ0v) is 12.4. The SMILES string of the molecule is O=c1[nH]sc2c1c(=O)c1cc(F)c(F)c3c1n2C(CCl)CO3. The van der Waals surface area contributed by atoms with Gasteiger partial charge in [0.25, 0.3) is 5.56 Å². The minimum Gasteiger partial charge on any atom is -0.486 e. The number of halogens is 3. The van der Waals surface area contributed by atoms with Gasteiger partial charge in [-0.25, -0.2) is 4.39 Å². The lowest BCUT2D eigenvalue weighted by atomic mass is 10.1. The number of aromatic nitrogens is 2. The van der Waals surface area contributed by atoms with E-state index >= 15 is 0 Å². The van der Waals surface area contributed by atoms with Crippen LogP contribution in [0, 0.1) is 11.6 Å². The predicted molar refractivity (Wildman–Crippen MR) is 79.4 cm³/mol. The van der Waals surface area contributed by atoms with Gasteiger partial charge in [-0.3, -0.25) is 14.0 Å². The molecule has 1 unspecified atom stereocenters. The summed E-state index contributed by atoms with van der Waals surface area (Å²) in [6, 6.07) is 0.403. The van der Waals surface area contributed by atoms with Crippen molar-refractivity contribution in [1.29, 1.82) is 0 Å². The molecule has 3 aromatic rings. The van der Waals surface area contributed by atoms with Crippen LogP contribution in [0.5, 0.6) is 5.75 Å². The second-order valence-electron chi connectivity index (χ2n) is 4.93. The largest absolute Gasteiger partial charge is 0.486 e. The molecule has 0 radical (unpaired) electrons. The van der Waals surface area contributed by atoms with Crippen molar-refractivity contribution < 1.29 is 13.5 Å². The number of alkyl halides is 1. The first-order chi connectivity index (χ1) is 10.5. The molecule has 0 fully saturated rings. The summed E-state index contributed by atoms with van der Waals surface area (Å²) in [6.07, 6.45) is 0. The number of benzene rings is 1. The summed E-state index contributed by atoms with van der Waals surface area (Å²) in [6.45, 7) is 0.0238. The first kappa shape index (κ1) is 13.7. The molecule has 1 atom stereocenters. The zero-order chi connectivity index (χ0) is 15.6. The second-order valence-corrected chi connectivity index (χ2v) is 6.03. The molecular formula is C13H7ClF2N2O3S. The van der Waals surface area contributed by atoms with Crippen molar-refractivity contribution in [2.75, 3.05) is 12.5 Å². The third-order valence-electron chi connectivity index (χ3n) is 3.73. The van der Waals surface area contributed by atoms with Crippen molar-refractivity contribution in [3.05, 3.63) is 38.3 Å². The van der Waals surface area contributed by atoms with Crippen LogP contribution in [-0.2, 0) is 0 Å². The molecule has 5 nitrogen and oxygen atoms in total. The van der Waals surface area contributed by atoms with Crippen LogP contribution in [0.15, 0.2) is 15.7 Å². The number of pyridine rings is 1. The van der Waals surface area contributed by atoms with Gasteiger partial charge in [-0.1, -0.05) is 0 Å². The van der Waals surface area contributed by atoms with E-state index in [0.717, 1.165) is 17.6 Å². The highest BCUT2D eigenvalue weighted by molar-refractivity contribution is 7.12. The monoisotopic (exact) mass is 344 g/mol. The number of hydrogen-bond donors (Lipinski definition) is 1. The van der Waals surface area contributed by atoms with Crippen LogP contribution in [0.3, 0.4) is 0 Å². The van der Waals surface area contributed by atoms with Gasteiger partial charge >= 0.3 is 0 Å². The fourth-order valence-electron chi connectivity index (χ4n) is 2.75. The molecule has 0 bridgehead atoms. The Hall–Kier alpha value is -1.93. The number of hydrogen-bond acceptors (Lipinski definition) is 4. The summed E-state index contributed by atoms with van der Waals surface area (Å²) in [5.74, 6) is -2.54. The van der Waals surface area contributed by atoms with E-state index in [2.05, 4.69) is 4.37 Å². The summed E-state index contributed by atoms with van der Waals surface area (Å²) >= 11 is 6.88. The summed E-state index contributed by atoms with van der Waals surface area (Å²) in [5, 5.41) is -0.174. The van der Waals surface area contributed by atoms with Gasteiger partial charge < -0.3 is 9.30 Å². The van der Waals surface area contributed by atoms with Crippen molar-refractivity contribution in [2.24, 2.45) is 0 Å². The summed E-state index contributed by atoms with van der Waals surface area (Å²) in [5.41, 5.74) is -1.08. The van der Waals surface area contributed by atoms with Gasteiger partial charge in [-0.15, -0.1) is 11.6 Å². The molecule has 1 N–H and O–H groups in total. The average Bonchev–Trinajstić information content (AvgIpc) is 2.90. The quantitative estimate of drug-likeness (QED) is 0.689. The summed E-state index contributed by atoms with van der Waals surface area (Å²) in [4.78, 5) is 24.7. The topological polar surface area (TPSA) is 64.1 Å². The first-order valence-corrected chi connectivity index (χ1v) is 7.65. The lowest BCUT2D eigenvalue weighted by Gasteiger charge is -2.28. The molecule has 4 rings (SSSR count). The van der Waals surface area contributed by atoms with Gasteiger partial charge in [-0.05, 0) is 17.6 Å². The molecule has 0 amide bonds. The van der Waals surface area contributed by atoms with E-state index < -0.39 is 28.7 Å². The van der Waals surface area contributed by atoms with E-state index in [4.69, 9.17) is 16.3 Å². The lowest BCUT2D eigenvalue weighted by molar-refractivity contribution is 0.238. The maximum atomic E-state index is 14.0. The minimum atomic E-state index is -1.19. The van der Waals surface area contributed by atoms with E-state index in [9.17, 15) is 18.4 Å². The van der Waals surface area contributed by atoms with Crippen molar-refractivity contribution in [3.63, 3.8) is 0 Å². The molecule has 9 heteroatoms. The predicted octanol–water partition coefficient (Wildman–Crippen LogP) is 2.36. The van der Waals surface area contributed by atoms with Crippen molar-refractivity contribution >= 4 is 44.3 Å². The Morgan fingerprint density at radius 1 is 1.45 bits per heavy atom. The Morgan fingerprint density at radius 3 is 2.95 bits per heavy atom. The fraction of sp³-hybridized carbons (Fsp3) is 0.231. The molecule has 1 aromatic carbocycles. The van der Waals surface area contributed by atoms with Gasteiger partial charge in [-0.2, -0.15) is 4.39 Å². The highest BCUT2D eigenvalue weighted by atomic mass is 35.5. The first-order valence-electron chi connectivity index (χ1n) is 6.30. The van der Waals surface area contributed by atoms with E-state index in [-0.39, 0.29) is 34.5 Å². The van der Waals surface area contributed by atoms with Crippen molar-refractivity contribution in [1.82, 2.24) is 8.94 Å². The number of H-pyrrole nitrogens is 1. The highest BCUT2D eigenvalue weighted by Crippen LogP contribution is 2.38. The Bertz CT molecular complexity index is 1060. The Balaban J connectivity index is 2.38. The molecule has 1 aliphatic heterocycles. The van der Waals surface area contributed by atoms with Gasteiger partial charge in [0.1, 0.15) is 16.8 Å². The van der Waals surface area contributed by atoms with Crippen LogP contribution >= 0.6 is 23.1 Å². The van der Waals surface area contributed by atoms with E-state index in [1.54, 1.807) is 4.57 Å². The molecule has 0 saturated carbocycles. The standard InChI is InChI=1S/C13H7ClF2N2O3S/c14-2-4-3-21-11-8(16)6(15)1-5-9(11)18(4)13-7(10(5)19)12(20)17-22-13/h1,4H,2-3H2,(H,17,20). The van der Waals surface area contributed by atoms with Crippen LogP contribution in [0.4, 0.5) is 8.78 Å². The lowest BCUT2D eigenvalue weighted by Crippen LogP contribution is -2.28. The third-order valence-corrected chi connectivity index (χ3v) is 4.96. The Labute approximate surface area is 129 Å². The van der Waals surface area contributed by atoms with E-state index in [1.807, 2.05) is 0 Å². The van der Waals surface area contributed by atoms with Crippen LogP contribution < -0.4 is 15.7 Å². The molecule has 0 aliphatic carbocycles. The average molecular weight is 345 g/mol. The number of ether oxygens (including phenoxy) is 1. The molecule has 0 spiro atoms. The smallest absolute Gasteiger partial charge is 0.271 e. The van der Waals surface area contributed by atoms with Gasteiger partial charge in [0.2, 0.25) is 11.2 Å². The van der Waals surface area contributed by atoms with Crippen LogP contribution in [0.2, 0.25) is 0 Å². The van der Waals surface area contributed by atoms with Crippen molar-refractivity contribution in [2.45, 2.75) is 6.04 Å². The molecular weight excluding hydrogens is 338 g/mol. The molecule has 22 heavy (non-hydrogen) atoms. The summed E-state index contributed by atoms with van der Waals surface area (Å²) < 4.78 is 37.1. The van der Waals surface area contributed by atoms with Gasteiger partial charge in [0, 0.05) is 5.88 Å². The Morgan fingerprint density at radius 2 is 2.23 bits per heavy atom. The van der Waals surface area contributed by atoms with Crippen LogP contribution in [0.25, 0.3) is 21.1 Å². The number of nitrogens with one attached hydrogen (secondary N) is 1. The van der Waals surface area contributed by atoms with E-state index in [1.165, 1.54) is 0 Å². The molecule has 0 saturated heterocycles. The highest BCUT2D eigenvalue weighted by Gasteiger charge is 2.30. The van der Waals surface area contributed by atoms with Gasteiger partial charge in [0.15, 0.2) is 11.6 Å². The molecule has 3 heterocycles. The number of nitrogens with zero attached hydrogens (tertiary/aromatic N) is 1.